The van der Waals surface area contributed by atoms with E-state index in [9.17, 15) is 13.2 Å². The maximum Gasteiger partial charge on any atom is 0.259 e. The van der Waals surface area contributed by atoms with Gasteiger partial charge in [-0.05, 0) is 23.9 Å². The van der Waals surface area contributed by atoms with Crippen LogP contribution >= 0.6 is 11.3 Å². The molecule has 1 aliphatic heterocycles. The van der Waals surface area contributed by atoms with Crippen LogP contribution in [0.15, 0.2) is 28.5 Å². The van der Waals surface area contributed by atoms with Gasteiger partial charge < -0.3 is 9.88 Å². The fourth-order valence-corrected chi connectivity index (χ4v) is 5.01. The molecular formula is C13H16N2O3S2. The highest BCUT2D eigenvalue weighted by atomic mass is 32.2. The summed E-state index contributed by atoms with van der Waals surface area (Å²) in [7, 11) is -2.85. The number of aromatic nitrogens is 1. The summed E-state index contributed by atoms with van der Waals surface area (Å²) in [5, 5.41) is 5.88. The van der Waals surface area contributed by atoms with E-state index in [1.165, 1.54) is 0 Å². The number of nitrogens with zero attached hydrogens (tertiary/aromatic N) is 1. The van der Waals surface area contributed by atoms with Crippen LogP contribution in [0, 0.1) is 0 Å². The van der Waals surface area contributed by atoms with Crippen molar-refractivity contribution in [2.75, 3.05) is 18.1 Å². The van der Waals surface area contributed by atoms with Crippen molar-refractivity contribution in [3.05, 3.63) is 34.1 Å². The van der Waals surface area contributed by atoms with Crippen molar-refractivity contribution in [3.63, 3.8) is 0 Å². The second kappa shape index (κ2) is 5.31. The average molecular weight is 312 g/mol. The Labute approximate surface area is 121 Å². The summed E-state index contributed by atoms with van der Waals surface area (Å²) in [6.45, 7) is 1.16. The molecule has 0 bridgehead atoms. The zero-order chi connectivity index (χ0) is 14.2. The number of pyridine rings is 1. The van der Waals surface area contributed by atoms with E-state index in [0.717, 1.165) is 10.1 Å². The standard InChI is InChI=1S/C13H16N2O3S2/c16-13-11-2-7-19-12(11)1-5-15(13)6-4-14-10-3-8-20(17,18)9-10/h1-2,5,7,10,14H,3-4,6,8-9H2. The van der Waals surface area contributed by atoms with Crippen LogP contribution in [0.3, 0.4) is 0 Å². The monoisotopic (exact) mass is 312 g/mol. The van der Waals surface area contributed by atoms with Gasteiger partial charge in [0.1, 0.15) is 0 Å². The van der Waals surface area contributed by atoms with Crippen LogP contribution in [0.5, 0.6) is 0 Å². The molecule has 0 amide bonds. The predicted octanol–water partition coefficient (Wildman–Crippen LogP) is 0.840. The van der Waals surface area contributed by atoms with E-state index in [1.54, 1.807) is 22.1 Å². The molecule has 1 fully saturated rings. The van der Waals surface area contributed by atoms with Crippen molar-refractivity contribution in [1.29, 1.82) is 0 Å². The summed E-state index contributed by atoms with van der Waals surface area (Å²) < 4.78 is 25.4. The molecule has 0 saturated carbocycles. The Balaban J connectivity index is 1.63. The van der Waals surface area contributed by atoms with E-state index < -0.39 is 9.84 Å². The number of sulfone groups is 1. The molecule has 0 spiro atoms. The smallest absolute Gasteiger partial charge is 0.259 e. The molecule has 1 aliphatic rings. The molecule has 0 radical (unpaired) electrons. The van der Waals surface area contributed by atoms with E-state index >= 15 is 0 Å². The highest BCUT2D eigenvalue weighted by molar-refractivity contribution is 7.91. The summed E-state index contributed by atoms with van der Waals surface area (Å²) >= 11 is 1.56. The summed E-state index contributed by atoms with van der Waals surface area (Å²) in [6, 6.07) is 3.82. The topological polar surface area (TPSA) is 68.2 Å². The average Bonchev–Trinajstić information content (AvgIpc) is 2.99. The molecule has 7 heteroatoms. The van der Waals surface area contributed by atoms with Gasteiger partial charge in [-0.25, -0.2) is 8.42 Å². The first-order valence-corrected chi connectivity index (χ1v) is 9.26. The van der Waals surface area contributed by atoms with Crippen LogP contribution < -0.4 is 10.9 Å². The zero-order valence-electron chi connectivity index (χ0n) is 10.9. The first-order valence-electron chi connectivity index (χ1n) is 6.56. The third-order valence-electron chi connectivity index (χ3n) is 3.61. The molecule has 0 aromatic carbocycles. The Bertz CT molecular complexity index is 776. The van der Waals surface area contributed by atoms with E-state index in [2.05, 4.69) is 5.32 Å². The van der Waals surface area contributed by atoms with Crippen molar-refractivity contribution in [1.82, 2.24) is 9.88 Å². The normalized spacial score (nSPS) is 21.5. The number of fused-ring (bicyclic) bond motifs is 1. The van der Waals surface area contributed by atoms with Crippen molar-refractivity contribution < 1.29 is 8.42 Å². The molecule has 1 unspecified atom stereocenters. The zero-order valence-corrected chi connectivity index (χ0v) is 12.5. The molecule has 20 heavy (non-hydrogen) atoms. The Kier molecular flexibility index (Phi) is 3.66. The quantitative estimate of drug-likeness (QED) is 0.908. The molecule has 2 aromatic rings. The van der Waals surface area contributed by atoms with Crippen LogP contribution in [0.2, 0.25) is 0 Å². The minimum absolute atomic E-state index is 0.0181. The lowest BCUT2D eigenvalue weighted by Crippen LogP contribution is -2.34. The summed E-state index contributed by atoms with van der Waals surface area (Å²) in [4.78, 5) is 12.2. The Morgan fingerprint density at radius 3 is 3.00 bits per heavy atom. The molecule has 1 atom stereocenters. The molecule has 5 nitrogen and oxygen atoms in total. The second-order valence-corrected chi connectivity index (χ2v) is 8.24. The SMILES string of the molecule is O=c1c2ccsc2ccn1CCNC1CCS(=O)(=O)C1. The number of hydrogen-bond donors (Lipinski definition) is 1. The molecule has 1 N–H and O–H groups in total. The maximum atomic E-state index is 12.2. The van der Waals surface area contributed by atoms with Crippen LogP contribution in [-0.4, -0.2) is 37.1 Å². The second-order valence-electron chi connectivity index (χ2n) is 5.07. The predicted molar refractivity (Wildman–Crippen MR) is 81.1 cm³/mol. The van der Waals surface area contributed by atoms with Gasteiger partial charge in [0.15, 0.2) is 9.84 Å². The summed E-state index contributed by atoms with van der Waals surface area (Å²) in [5.74, 6) is 0.483. The van der Waals surface area contributed by atoms with Crippen molar-refractivity contribution in [3.8, 4) is 0 Å². The van der Waals surface area contributed by atoms with Crippen LogP contribution in [0.1, 0.15) is 6.42 Å². The molecule has 3 heterocycles. The van der Waals surface area contributed by atoms with E-state index in [4.69, 9.17) is 0 Å². The van der Waals surface area contributed by atoms with Gasteiger partial charge in [-0.2, -0.15) is 0 Å². The van der Waals surface area contributed by atoms with Crippen LogP contribution in [0.25, 0.3) is 10.1 Å². The molecule has 0 aliphatic carbocycles. The fraction of sp³-hybridized carbons (Fsp3) is 0.462. The van der Waals surface area contributed by atoms with Gasteiger partial charge in [-0.3, -0.25) is 4.79 Å². The first-order chi connectivity index (χ1) is 9.55. The lowest BCUT2D eigenvalue weighted by Gasteiger charge is -2.11. The molecule has 2 aromatic heterocycles. The fourth-order valence-electron chi connectivity index (χ4n) is 2.53. The highest BCUT2D eigenvalue weighted by Gasteiger charge is 2.27. The van der Waals surface area contributed by atoms with Gasteiger partial charge in [0.05, 0.1) is 16.9 Å². The number of rotatable bonds is 4. The Morgan fingerprint density at radius 2 is 2.25 bits per heavy atom. The van der Waals surface area contributed by atoms with Crippen LogP contribution in [-0.2, 0) is 16.4 Å². The number of hydrogen-bond acceptors (Lipinski definition) is 5. The molecule has 1 saturated heterocycles. The molecular weight excluding hydrogens is 296 g/mol. The van der Waals surface area contributed by atoms with E-state index in [-0.39, 0.29) is 23.1 Å². The van der Waals surface area contributed by atoms with Gasteiger partial charge in [0, 0.05) is 30.0 Å². The highest BCUT2D eigenvalue weighted by Crippen LogP contribution is 2.16. The third kappa shape index (κ3) is 2.79. The van der Waals surface area contributed by atoms with Gasteiger partial charge >= 0.3 is 0 Å². The van der Waals surface area contributed by atoms with E-state index in [0.29, 0.717) is 19.5 Å². The maximum absolute atomic E-state index is 12.2. The summed E-state index contributed by atoms with van der Waals surface area (Å²) in [6.07, 6.45) is 2.47. The van der Waals surface area contributed by atoms with Gasteiger partial charge in [0.25, 0.3) is 5.56 Å². The lowest BCUT2D eigenvalue weighted by atomic mass is 10.2. The first kappa shape index (κ1) is 13.8. The number of nitrogens with one attached hydrogen (secondary N) is 1. The Hall–Kier alpha value is -1.18. The van der Waals surface area contributed by atoms with E-state index in [1.807, 2.05) is 17.5 Å². The van der Waals surface area contributed by atoms with Gasteiger partial charge in [-0.1, -0.05) is 0 Å². The largest absolute Gasteiger partial charge is 0.314 e. The van der Waals surface area contributed by atoms with Gasteiger partial charge in [0.2, 0.25) is 0 Å². The summed E-state index contributed by atoms with van der Waals surface area (Å²) in [5.41, 5.74) is 0.0181. The minimum Gasteiger partial charge on any atom is -0.314 e. The number of thiophene rings is 1. The Morgan fingerprint density at radius 1 is 1.40 bits per heavy atom. The molecule has 108 valence electrons. The lowest BCUT2D eigenvalue weighted by molar-refractivity contribution is 0.515. The van der Waals surface area contributed by atoms with Crippen LogP contribution in [0.4, 0.5) is 0 Å². The van der Waals surface area contributed by atoms with Gasteiger partial charge in [-0.15, -0.1) is 11.3 Å². The molecule has 3 rings (SSSR count). The van der Waals surface area contributed by atoms with Crippen molar-refractivity contribution >= 4 is 31.3 Å². The van der Waals surface area contributed by atoms with Crippen molar-refractivity contribution in [2.24, 2.45) is 0 Å². The minimum atomic E-state index is -2.85. The third-order valence-corrected chi connectivity index (χ3v) is 6.26. The van der Waals surface area contributed by atoms with Crippen molar-refractivity contribution in [2.45, 2.75) is 19.0 Å².